The fraction of sp³-hybridized carbons (Fsp3) is 0.667. The fourth-order valence-corrected chi connectivity index (χ4v) is 4.23. The van der Waals surface area contributed by atoms with Crippen LogP contribution in [0, 0.1) is 5.92 Å². The average molecular weight is 395 g/mol. The highest BCUT2D eigenvalue weighted by Gasteiger charge is 2.22. The number of hydrogen-bond acceptors (Lipinski definition) is 3. The molecule has 1 heterocycles. The molecule has 5 nitrogen and oxygen atoms in total. The molecule has 1 saturated heterocycles. The molecule has 1 aromatic carbocycles. The number of nitrogens with one attached hydrogen (secondary N) is 1. The van der Waals surface area contributed by atoms with Gasteiger partial charge in [-0.05, 0) is 37.8 Å². The largest absolute Gasteiger partial charge is 0.434 e. The number of rotatable bonds is 6. The number of halogens is 2. The smallest absolute Gasteiger partial charge is 0.387 e. The van der Waals surface area contributed by atoms with E-state index in [2.05, 4.69) is 15.0 Å². The Labute approximate surface area is 166 Å². The van der Waals surface area contributed by atoms with Crippen LogP contribution in [0.3, 0.4) is 0 Å². The van der Waals surface area contributed by atoms with Crippen molar-refractivity contribution in [2.24, 2.45) is 5.92 Å². The third-order valence-electron chi connectivity index (χ3n) is 5.74. The van der Waals surface area contributed by atoms with E-state index < -0.39 is 6.61 Å². The SMILES string of the molecule is O=C(NCc1ccccc1OC(F)F)N1CCCN(CC2CCCCC2)CC1. The molecule has 0 unspecified atom stereocenters. The van der Waals surface area contributed by atoms with E-state index >= 15 is 0 Å². The number of ether oxygens (including phenoxy) is 1. The molecule has 1 N–H and O–H groups in total. The van der Waals surface area contributed by atoms with Gasteiger partial charge in [0.2, 0.25) is 0 Å². The summed E-state index contributed by atoms with van der Waals surface area (Å²) in [4.78, 5) is 16.9. The van der Waals surface area contributed by atoms with Crippen molar-refractivity contribution >= 4 is 6.03 Å². The molecule has 0 aromatic heterocycles. The summed E-state index contributed by atoms with van der Waals surface area (Å²) in [5.74, 6) is 0.910. The molecule has 1 saturated carbocycles. The minimum atomic E-state index is -2.88. The van der Waals surface area contributed by atoms with Crippen LogP contribution in [0.25, 0.3) is 0 Å². The van der Waals surface area contributed by atoms with Crippen molar-refractivity contribution < 1.29 is 18.3 Å². The molecule has 3 rings (SSSR count). The van der Waals surface area contributed by atoms with Gasteiger partial charge in [-0.2, -0.15) is 8.78 Å². The molecule has 2 aliphatic rings. The van der Waals surface area contributed by atoms with Crippen LogP contribution in [0.4, 0.5) is 13.6 Å². The predicted octanol–water partition coefficient (Wildman–Crippen LogP) is 4.09. The number of urea groups is 1. The van der Waals surface area contributed by atoms with Crippen molar-refractivity contribution in [1.82, 2.24) is 15.1 Å². The molecule has 1 aliphatic heterocycles. The Hall–Kier alpha value is -1.89. The van der Waals surface area contributed by atoms with Crippen molar-refractivity contribution in [2.75, 3.05) is 32.7 Å². The maximum Gasteiger partial charge on any atom is 0.387 e. The van der Waals surface area contributed by atoms with Crippen LogP contribution in [-0.2, 0) is 6.54 Å². The Morgan fingerprint density at radius 2 is 1.86 bits per heavy atom. The van der Waals surface area contributed by atoms with Crippen LogP contribution < -0.4 is 10.1 Å². The van der Waals surface area contributed by atoms with Gasteiger partial charge in [-0.25, -0.2) is 4.79 Å². The lowest BCUT2D eigenvalue weighted by Gasteiger charge is -2.28. The maximum atomic E-state index is 12.6. The van der Waals surface area contributed by atoms with Gasteiger partial charge in [0, 0.05) is 38.3 Å². The molecule has 1 aromatic rings. The topological polar surface area (TPSA) is 44.8 Å². The van der Waals surface area contributed by atoms with Gasteiger partial charge in [0.1, 0.15) is 5.75 Å². The molecule has 0 radical (unpaired) electrons. The Morgan fingerprint density at radius 3 is 2.64 bits per heavy atom. The van der Waals surface area contributed by atoms with Gasteiger partial charge < -0.3 is 19.9 Å². The molecule has 28 heavy (non-hydrogen) atoms. The van der Waals surface area contributed by atoms with Gasteiger partial charge in [-0.15, -0.1) is 0 Å². The summed E-state index contributed by atoms with van der Waals surface area (Å²) in [5.41, 5.74) is 0.546. The van der Waals surface area contributed by atoms with E-state index in [-0.39, 0.29) is 18.3 Å². The molecular formula is C21H31F2N3O2. The lowest BCUT2D eigenvalue weighted by molar-refractivity contribution is -0.0504. The number of para-hydroxylation sites is 1. The predicted molar refractivity (Wildman–Crippen MR) is 105 cm³/mol. The van der Waals surface area contributed by atoms with E-state index in [0.29, 0.717) is 12.1 Å². The van der Waals surface area contributed by atoms with Crippen LogP contribution in [0.5, 0.6) is 5.75 Å². The standard InChI is InChI=1S/C21H31F2N3O2/c22-20(23)28-19-10-5-4-9-18(19)15-24-21(27)26-12-6-11-25(13-14-26)16-17-7-2-1-3-8-17/h4-5,9-10,17,20H,1-3,6-8,11-16H2,(H,24,27). The van der Waals surface area contributed by atoms with Crippen LogP contribution in [0.1, 0.15) is 44.1 Å². The Morgan fingerprint density at radius 1 is 1.07 bits per heavy atom. The van der Waals surface area contributed by atoms with Crippen molar-refractivity contribution in [2.45, 2.75) is 51.7 Å². The van der Waals surface area contributed by atoms with Crippen LogP contribution in [0.15, 0.2) is 24.3 Å². The minimum Gasteiger partial charge on any atom is -0.434 e. The number of carbonyl (C=O) groups is 1. The average Bonchev–Trinajstić information content (AvgIpc) is 2.93. The zero-order chi connectivity index (χ0) is 19.8. The Bertz CT molecular complexity index is 623. The molecule has 0 bridgehead atoms. The zero-order valence-corrected chi connectivity index (χ0v) is 16.4. The number of amides is 2. The highest BCUT2D eigenvalue weighted by Crippen LogP contribution is 2.25. The fourth-order valence-electron chi connectivity index (χ4n) is 4.23. The summed E-state index contributed by atoms with van der Waals surface area (Å²) in [7, 11) is 0. The monoisotopic (exact) mass is 395 g/mol. The van der Waals surface area contributed by atoms with E-state index in [9.17, 15) is 13.6 Å². The number of carbonyl (C=O) groups excluding carboxylic acids is 1. The van der Waals surface area contributed by atoms with Crippen molar-refractivity contribution in [1.29, 1.82) is 0 Å². The van der Waals surface area contributed by atoms with Gasteiger partial charge in [0.15, 0.2) is 0 Å². The highest BCUT2D eigenvalue weighted by atomic mass is 19.3. The minimum absolute atomic E-state index is 0.104. The van der Waals surface area contributed by atoms with E-state index in [1.807, 2.05) is 4.90 Å². The number of alkyl halides is 2. The van der Waals surface area contributed by atoms with Crippen molar-refractivity contribution in [3.63, 3.8) is 0 Å². The molecule has 2 fully saturated rings. The zero-order valence-electron chi connectivity index (χ0n) is 16.4. The van der Waals surface area contributed by atoms with E-state index in [4.69, 9.17) is 0 Å². The maximum absolute atomic E-state index is 12.6. The summed E-state index contributed by atoms with van der Waals surface area (Å²) in [6.07, 6.45) is 7.70. The first-order valence-corrected chi connectivity index (χ1v) is 10.4. The molecule has 156 valence electrons. The first-order valence-electron chi connectivity index (χ1n) is 10.4. The highest BCUT2D eigenvalue weighted by molar-refractivity contribution is 5.74. The molecule has 0 spiro atoms. The summed E-state index contributed by atoms with van der Waals surface area (Å²) in [6.45, 7) is 1.80. The molecule has 7 heteroatoms. The summed E-state index contributed by atoms with van der Waals surface area (Å²) in [6, 6.07) is 6.41. The third-order valence-corrected chi connectivity index (χ3v) is 5.74. The first-order chi connectivity index (χ1) is 13.6. The molecule has 0 atom stereocenters. The Kier molecular flexibility index (Phi) is 7.89. The summed E-state index contributed by atoms with van der Waals surface area (Å²) < 4.78 is 29.6. The van der Waals surface area contributed by atoms with E-state index in [1.165, 1.54) is 38.2 Å². The quantitative estimate of drug-likeness (QED) is 0.789. The second-order valence-electron chi connectivity index (χ2n) is 7.79. The molecule has 1 aliphatic carbocycles. The van der Waals surface area contributed by atoms with Gasteiger partial charge in [0.05, 0.1) is 0 Å². The molecule has 2 amide bonds. The molecular weight excluding hydrogens is 364 g/mol. The summed E-state index contributed by atoms with van der Waals surface area (Å²) >= 11 is 0. The second-order valence-corrected chi connectivity index (χ2v) is 7.79. The van der Waals surface area contributed by atoms with Gasteiger partial charge in [-0.1, -0.05) is 37.5 Å². The van der Waals surface area contributed by atoms with Crippen LogP contribution in [-0.4, -0.2) is 55.2 Å². The number of hydrogen-bond donors (Lipinski definition) is 1. The van der Waals surface area contributed by atoms with E-state index in [1.54, 1.807) is 18.2 Å². The third kappa shape index (κ3) is 6.33. The second kappa shape index (κ2) is 10.6. The number of nitrogens with zero attached hydrogens (tertiary/aromatic N) is 2. The Balaban J connectivity index is 1.46. The first kappa shape index (κ1) is 20.8. The van der Waals surface area contributed by atoms with Crippen LogP contribution in [0.2, 0.25) is 0 Å². The lowest BCUT2D eigenvalue weighted by Crippen LogP contribution is -2.42. The van der Waals surface area contributed by atoms with Gasteiger partial charge >= 0.3 is 12.6 Å². The normalized spacial score (nSPS) is 19.5. The lowest BCUT2D eigenvalue weighted by atomic mass is 9.89. The van der Waals surface area contributed by atoms with Crippen LogP contribution >= 0.6 is 0 Å². The van der Waals surface area contributed by atoms with Crippen molar-refractivity contribution in [3.05, 3.63) is 29.8 Å². The van der Waals surface area contributed by atoms with Crippen molar-refractivity contribution in [3.8, 4) is 5.75 Å². The van der Waals surface area contributed by atoms with Gasteiger partial charge in [0.25, 0.3) is 0 Å². The number of benzene rings is 1. The van der Waals surface area contributed by atoms with Gasteiger partial charge in [-0.3, -0.25) is 0 Å². The van der Waals surface area contributed by atoms with E-state index in [0.717, 1.165) is 38.5 Å². The summed E-state index contributed by atoms with van der Waals surface area (Å²) in [5, 5.41) is 2.85.